The minimum absolute atomic E-state index is 0.420. The van der Waals surface area contributed by atoms with Gasteiger partial charge in [0.05, 0.1) is 17.3 Å². The molecule has 0 unspecified atom stereocenters. The summed E-state index contributed by atoms with van der Waals surface area (Å²) in [7, 11) is 1.61. The summed E-state index contributed by atoms with van der Waals surface area (Å²) in [5.41, 5.74) is 0.403. The number of carbonyl (C=O) groups is 1. The highest BCUT2D eigenvalue weighted by molar-refractivity contribution is 9.11. The molecule has 0 heterocycles. The molecule has 0 bridgehead atoms. The highest BCUT2D eigenvalue weighted by Crippen LogP contribution is 2.34. The molecular weight excluding hydrogens is 404 g/mol. The molecule has 0 fully saturated rings. The Bertz CT molecular complexity index is 502. The number of alkyl carbamates (subject to hydrolysis) is 1. The van der Waals surface area contributed by atoms with Gasteiger partial charge in [-0.3, -0.25) is 0 Å². The lowest BCUT2D eigenvalue weighted by molar-refractivity contribution is 0.0530. The first kappa shape index (κ1) is 18.1. The number of halogens is 2. The molecule has 0 saturated carbocycles. The molecule has 0 radical (unpaired) electrons. The lowest BCUT2D eigenvalue weighted by Gasteiger charge is -2.19. The lowest BCUT2D eigenvalue weighted by Crippen LogP contribution is -2.35. The van der Waals surface area contributed by atoms with Crippen molar-refractivity contribution < 1.29 is 14.3 Å². The molecule has 1 aromatic rings. The summed E-state index contributed by atoms with van der Waals surface area (Å²) in [6, 6.07) is 3.78. The van der Waals surface area contributed by atoms with Gasteiger partial charge in [0.25, 0.3) is 0 Å². The molecule has 0 atom stereocenters. The van der Waals surface area contributed by atoms with Gasteiger partial charge in [-0.15, -0.1) is 0 Å². The summed E-state index contributed by atoms with van der Waals surface area (Å²) in [5, 5.41) is 5.90. The Morgan fingerprint density at radius 1 is 1.19 bits per heavy atom. The molecule has 2 N–H and O–H groups in total. The Hall–Kier alpha value is -0.950. The van der Waals surface area contributed by atoms with Crippen molar-refractivity contribution in [2.24, 2.45) is 0 Å². The number of hydrogen-bond donors (Lipinski definition) is 2. The van der Waals surface area contributed by atoms with Crippen LogP contribution in [-0.2, 0) is 4.74 Å². The fourth-order valence-corrected chi connectivity index (χ4v) is 2.79. The third-order valence-electron chi connectivity index (χ3n) is 2.35. The van der Waals surface area contributed by atoms with Crippen LogP contribution in [0, 0.1) is 0 Å². The van der Waals surface area contributed by atoms with E-state index < -0.39 is 11.7 Å². The van der Waals surface area contributed by atoms with E-state index in [2.05, 4.69) is 42.5 Å². The number of ether oxygens (including phenoxy) is 2. The molecule has 1 rings (SSSR count). The average molecular weight is 424 g/mol. The Labute approximate surface area is 142 Å². The summed E-state index contributed by atoms with van der Waals surface area (Å²) in [6.07, 6.45) is -0.420. The number of benzene rings is 1. The van der Waals surface area contributed by atoms with Crippen LogP contribution >= 0.6 is 31.9 Å². The zero-order chi connectivity index (χ0) is 16.0. The van der Waals surface area contributed by atoms with Crippen LogP contribution < -0.4 is 15.4 Å². The normalized spacial score (nSPS) is 11.0. The van der Waals surface area contributed by atoms with Gasteiger partial charge in [0.1, 0.15) is 11.4 Å². The molecule has 7 heteroatoms. The van der Waals surface area contributed by atoms with Gasteiger partial charge in [0.15, 0.2) is 0 Å². The van der Waals surface area contributed by atoms with E-state index in [0.717, 1.165) is 20.4 Å². The van der Waals surface area contributed by atoms with Gasteiger partial charge >= 0.3 is 6.09 Å². The Morgan fingerprint density at radius 2 is 1.86 bits per heavy atom. The van der Waals surface area contributed by atoms with Crippen molar-refractivity contribution >= 4 is 43.6 Å². The van der Waals surface area contributed by atoms with Gasteiger partial charge in [-0.05, 0) is 58.7 Å². The molecule has 0 aliphatic carbocycles. The molecular formula is C14H20Br2N2O3. The second-order valence-electron chi connectivity index (χ2n) is 5.32. The fourth-order valence-electron chi connectivity index (χ4n) is 1.50. The molecule has 118 valence electrons. The van der Waals surface area contributed by atoms with E-state index in [1.165, 1.54) is 0 Å². The Kier molecular flexibility index (Phi) is 6.80. The van der Waals surface area contributed by atoms with E-state index >= 15 is 0 Å². The van der Waals surface area contributed by atoms with E-state index in [9.17, 15) is 4.79 Å². The van der Waals surface area contributed by atoms with Crippen molar-refractivity contribution in [1.82, 2.24) is 5.32 Å². The Morgan fingerprint density at radius 3 is 2.43 bits per heavy atom. The molecule has 1 amide bonds. The molecule has 0 aromatic heterocycles. The average Bonchev–Trinajstić information content (AvgIpc) is 2.34. The van der Waals surface area contributed by atoms with E-state index in [-0.39, 0.29) is 0 Å². The van der Waals surface area contributed by atoms with Gasteiger partial charge in [0, 0.05) is 23.6 Å². The van der Waals surface area contributed by atoms with Crippen LogP contribution in [0.4, 0.5) is 10.5 Å². The third kappa shape index (κ3) is 6.56. The van der Waals surface area contributed by atoms with Gasteiger partial charge in [-0.25, -0.2) is 4.79 Å². The van der Waals surface area contributed by atoms with Crippen molar-refractivity contribution in [2.45, 2.75) is 26.4 Å². The summed E-state index contributed by atoms with van der Waals surface area (Å²) in [6.45, 7) is 6.52. The SMILES string of the molecule is COc1cc(NCCNC(=O)OC(C)(C)C)c(Br)cc1Br. The van der Waals surface area contributed by atoms with Crippen LogP contribution in [0.25, 0.3) is 0 Å². The van der Waals surface area contributed by atoms with Crippen LogP contribution in [0.2, 0.25) is 0 Å². The summed E-state index contributed by atoms with van der Waals surface area (Å²) >= 11 is 6.89. The Balaban J connectivity index is 2.45. The summed E-state index contributed by atoms with van der Waals surface area (Å²) in [5.74, 6) is 0.737. The van der Waals surface area contributed by atoms with Crippen LogP contribution in [-0.4, -0.2) is 31.9 Å². The molecule has 0 saturated heterocycles. The van der Waals surface area contributed by atoms with Crippen LogP contribution in [0.5, 0.6) is 5.75 Å². The van der Waals surface area contributed by atoms with E-state index in [0.29, 0.717) is 13.1 Å². The maximum absolute atomic E-state index is 11.5. The first-order chi connectivity index (χ1) is 9.73. The number of carbonyl (C=O) groups excluding carboxylic acids is 1. The predicted molar refractivity (Wildman–Crippen MR) is 91.1 cm³/mol. The van der Waals surface area contributed by atoms with Crippen LogP contribution in [0.1, 0.15) is 20.8 Å². The predicted octanol–water partition coefficient (Wildman–Crippen LogP) is 4.16. The quantitative estimate of drug-likeness (QED) is 0.698. The van der Waals surface area contributed by atoms with Crippen molar-refractivity contribution in [1.29, 1.82) is 0 Å². The molecule has 21 heavy (non-hydrogen) atoms. The lowest BCUT2D eigenvalue weighted by atomic mass is 10.2. The molecule has 0 aliphatic rings. The maximum atomic E-state index is 11.5. The highest BCUT2D eigenvalue weighted by atomic mass is 79.9. The van der Waals surface area contributed by atoms with Crippen LogP contribution in [0.3, 0.4) is 0 Å². The largest absolute Gasteiger partial charge is 0.495 e. The molecule has 5 nitrogen and oxygen atoms in total. The number of hydrogen-bond acceptors (Lipinski definition) is 4. The monoisotopic (exact) mass is 422 g/mol. The highest BCUT2D eigenvalue weighted by Gasteiger charge is 2.15. The number of methoxy groups -OCH3 is 1. The minimum atomic E-state index is -0.486. The first-order valence-corrected chi connectivity index (χ1v) is 8.05. The molecule has 1 aromatic carbocycles. The van der Waals surface area contributed by atoms with Crippen molar-refractivity contribution in [3.8, 4) is 5.75 Å². The van der Waals surface area contributed by atoms with Gasteiger partial charge in [-0.2, -0.15) is 0 Å². The standard InChI is InChI=1S/C14H20Br2N2O3/c1-14(2,3)21-13(19)18-6-5-17-11-8-12(20-4)10(16)7-9(11)15/h7-8,17H,5-6H2,1-4H3,(H,18,19). The second-order valence-corrected chi connectivity index (χ2v) is 7.03. The topological polar surface area (TPSA) is 59.6 Å². The van der Waals surface area contributed by atoms with E-state index in [1.807, 2.05) is 32.9 Å². The first-order valence-electron chi connectivity index (χ1n) is 6.46. The minimum Gasteiger partial charge on any atom is -0.495 e. The van der Waals surface area contributed by atoms with E-state index in [4.69, 9.17) is 9.47 Å². The smallest absolute Gasteiger partial charge is 0.407 e. The zero-order valence-corrected chi connectivity index (χ0v) is 15.7. The summed E-state index contributed by atoms with van der Waals surface area (Å²) in [4.78, 5) is 11.5. The zero-order valence-electron chi connectivity index (χ0n) is 12.5. The van der Waals surface area contributed by atoms with Crippen molar-refractivity contribution in [3.05, 3.63) is 21.1 Å². The number of nitrogens with one attached hydrogen (secondary N) is 2. The van der Waals surface area contributed by atoms with Gasteiger partial charge < -0.3 is 20.1 Å². The number of rotatable bonds is 5. The molecule has 0 aliphatic heterocycles. The second kappa shape index (κ2) is 7.89. The number of anilines is 1. The maximum Gasteiger partial charge on any atom is 0.407 e. The summed E-state index contributed by atoms with van der Waals surface area (Å²) < 4.78 is 12.2. The van der Waals surface area contributed by atoms with Gasteiger partial charge in [-0.1, -0.05) is 0 Å². The van der Waals surface area contributed by atoms with Crippen LogP contribution in [0.15, 0.2) is 21.1 Å². The van der Waals surface area contributed by atoms with Gasteiger partial charge in [0.2, 0.25) is 0 Å². The third-order valence-corrected chi connectivity index (χ3v) is 3.63. The number of amides is 1. The van der Waals surface area contributed by atoms with E-state index in [1.54, 1.807) is 7.11 Å². The molecule has 0 spiro atoms. The van der Waals surface area contributed by atoms with Crippen molar-refractivity contribution in [3.63, 3.8) is 0 Å². The fraction of sp³-hybridized carbons (Fsp3) is 0.500. The van der Waals surface area contributed by atoms with Crippen molar-refractivity contribution in [2.75, 3.05) is 25.5 Å².